The van der Waals surface area contributed by atoms with Gasteiger partial charge in [-0.2, -0.15) is 0 Å². The number of thioether (sulfide) groups is 1. The van der Waals surface area contributed by atoms with Gasteiger partial charge in [0.2, 0.25) is 17.7 Å². The van der Waals surface area contributed by atoms with Crippen LogP contribution in [0, 0.1) is 19.8 Å². The zero-order chi connectivity index (χ0) is 20.7. The number of rotatable bonds is 3. The number of piperidine rings is 1. The Hall–Kier alpha value is -2.35. The first-order valence-electron chi connectivity index (χ1n) is 10.0. The molecule has 0 aromatic heterocycles. The van der Waals surface area contributed by atoms with Crippen molar-refractivity contribution in [3.8, 4) is 0 Å². The minimum Gasteiger partial charge on any atom is -0.342 e. The number of benzene rings is 1. The van der Waals surface area contributed by atoms with Crippen molar-refractivity contribution < 1.29 is 19.2 Å². The van der Waals surface area contributed by atoms with Crippen molar-refractivity contribution in [2.45, 2.75) is 39.2 Å². The van der Waals surface area contributed by atoms with Gasteiger partial charge in [0.25, 0.3) is 5.24 Å². The van der Waals surface area contributed by atoms with Gasteiger partial charge in [0.1, 0.15) is 0 Å². The molecule has 8 heteroatoms. The van der Waals surface area contributed by atoms with Crippen molar-refractivity contribution >= 4 is 40.4 Å². The topological polar surface area (TPSA) is 78.0 Å². The van der Waals surface area contributed by atoms with Crippen LogP contribution < -0.4 is 4.90 Å². The number of hydrogen-bond acceptors (Lipinski definition) is 5. The summed E-state index contributed by atoms with van der Waals surface area (Å²) in [6.45, 7) is 5.47. The van der Waals surface area contributed by atoms with Crippen molar-refractivity contribution in [3.63, 3.8) is 0 Å². The van der Waals surface area contributed by atoms with Crippen LogP contribution in [0.15, 0.2) is 18.2 Å². The van der Waals surface area contributed by atoms with Crippen LogP contribution in [-0.4, -0.2) is 64.2 Å². The lowest BCUT2D eigenvalue weighted by molar-refractivity contribution is -0.137. The molecule has 154 valence electrons. The molecule has 0 radical (unpaired) electrons. The maximum absolute atomic E-state index is 13.0. The van der Waals surface area contributed by atoms with Crippen LogP contribution in [0.1, 0.15) is 30.4 Å². The third-order valence-corrected chi connectivity index (χ3v) is 7.04. The highest BCUT2D eigenvalue weighted by atomic mass is 32.2. The molecule has 1 aromatic carbocycles. The molecule has 3 fully saturated rings. The fourth-order valence-corrected chi connectivity index (χ4v) is 5.11. The van der Waals surface area contributed by atoms with Crippen molar-refractivity contribution in [1.82, 2.24) is 9.80 Å². The number of nitrogens with zero attached hydrogens (tertiary/aromatic N) is 3. The lowest BCUT2D eigenvalue weighted by Crippen LogP contribution is -2.49. The van der Waals surface area contributed by atoms with E-state index in [4.69, 9.17) is 0 Å². The summed E-state index contributed by atoms with van der Waals surface area (Å²) >= 11 is 1.05. The number of amides is 4. The zero-order valence-corrected chi connectivity index (χ0v) is 17.5. The molecule has 3 heterocycles. The van der Waals surface area contributed by atoms with Crippen LogP contribution in [0.25, 0.3) is 0 Å². The van der Waals surface area contributed by atoms with Gasteiger partial charge in [0.15, 0.2) is 0 Å². The van der Waals surface area contributed by atoms with E-state index in [0.717, 1.165) is 23.0 Å². The fourth-order valence-electron chi connectivity index (χ4n) is 4.34. The van der Waals surface area contributed by atoms with E-state index < -0.39 is 0 Å². The summed E-state index contributed by atoms with van der Waals surface area (Å²) in [4.78, 5) is 54.2. The molecule has 0 unspecified atom stereocenters. The largest absolute Gasteiger partial charge is 0.342 e. The maximum Gasteiger partial charge on any atom is 0.289 e. The van der Waals surface area contributed by atoms with Crippen LogP contribution in [-0.2, 0) is 14.4 Å². The van der Waals surface area contributed by atoms with Crippen molar-refractivity contribution in [2.75, 3.05) is 30.3 Å². The number of aryl methyl sites for hydroxylation is 2. The number of carbonyl (C=O) groups excluding carboxylic acids is 4. The molecule has 29 heavy (non-hydrogen) atoms. The van der Waals surface area contributed by atoms with Crippen LogP contribution in [0.2, 0.25) is 0 Å². The van der Waals surface area contributed by atoms with Gasteiger partial charge in [-0.1, -0.05) is 17.8 Å². The minimum absolute atomic E-state index is 0.00316. The highest BCUT2D eigenvalue weighted by molar-refractivity contribution is 8.14. The average molecular weight is 416 g/mol. The van der Waals surface area contributed by atoms with Crippen LogP contribution in [0.3, 0.4) is 0 Å². The molecule has 4 rings (SSSR count). The zero-order valence-electron chi connectivity index (χ0n) is 16.7. The van der Waals surface area contributed by atoms with E-state index in [1.165, 1.54) is 10.5 Å². The first kappa shape index (κ1) is 19.9. The molecule has 1 aromatic rings. The molecule has 0 spiro atoms. The summed E-state index contributed by atoms with van der Waals surface area (Å²) in [7, 11) is 0. The Labute approximate surface area is 174 Å². The molecule has 0 N–H and O–H groups in total. The van der Waals surface area contributed by atoms with Gasteiger partial charge in [-0.15, -0.1) is 0 Å². The lowest BCUT2D eigenvalue weighted by atomic mass is 10.0. The van der Waals surface area contributed by atoms with E-state index in [1.807, 2.05) is 32.0 Å². The van der Waals surface area contributed by atoms with Crippen LogP contribution in [0.5, 0.6) is 0 Å². The normalized spacial score (nSPS) is 23.4. The van der Waals surface area contributed by atoms with E-state index in [9.17, 15) is 19.2 Å². The van der Waals surface area contributed by atoms with E-state index >= 15 is 0 Å². The summed E-state index contributed by atoms with van der Waals surface area (Å²) in [6.07, 6.45) is 1.43. The number of carbonyl (C=O) groups is 4. The molecule has 4 amide bonds. The Morgan fingerprint density at radius 1 is 1.03 bits per heavy atom. The molecule has 0 aliphatic carbocycles. The molecule has 7 nitrogen and oxygen atoms in total. The Morgan fingerprint density at radius 3 is 2.38 bits per heavy atom. The molecule has 0 saturated carbocycles. The van der Waals surface area contributed by atoms with E-state index in [0.29, 0.717) is 32.5 Å². The first-order valence-corrected chi connectivity index (χ1v) is 11.0. The third-order valence-electron chi connectivity index (χ3n) is 6.20. The molecule has 3 aliphatic heterocycles. The van der Waals surface area contributed by atoms with Crippen molar-refractivity contribution in [3.05, 3.63) is 29.3 Å². The van der Waals surface area contributed by atoms with E-state index in [-0.39, 0.29) is 47.1 Å². The maximum atomic E-state index is 13.0. The summed E-state index contributed by atoms with van der Waals surface area (Å²) in [5, 5.41) is -0.176. The smallest absolute Gasteiger partial charge is 0.289 e. The summed E-state index contributed by atoms with van der Waals surface area (Å²) in [6, 6.07) is 5.80. The fraction of sp³-hybridized carbons (Fsp3) is 0.524. The highest BCUT2D eigenvalue weighted by Gasteiger charge is 2.41. The van der Waals surface area contributed by atoms with Crippen LogP contribution >= 0.6 is 11.8 Å². The quantitative estimate of drug-likeness (QED) is 0.757. The second-order valence-electron chi connectivity index (χ2n) is 8.05. The predicted molar refractivity (Wildman–Crippen MR) is 111 cm³/mol. The number of imide groups is 1. The number of likely N-dealkylation sites (tertiary alicyclic amines) is 1. The molecule has 3 aliphatic rings. The Bertz CT molecular complexity index is 863. The standard InChI is InChI=1S/C21H25N3O4S/c1-13-3-4-17(9-14(13)2)23-11-15(10-18(23)25)20(27)22-7-5-16(6-8-22)24-19(26)12-29-21(24)28/h3-4,9,15-16H,5-8,10-12H2,1-2H3/t15-/m1/s1. The minimum atomic E-state index is -0.341. The van der Waals surface area contributed by atoms with Gasteiger partial charge < -0.3 is 9.80 Å². The summed E-state index contributed by atoms with van der Waals surface area (Å²) < 4.78 is 0. The van der Waals surface area contributed by atoms with Gasteiger partial charge in [0, 0.05) is 37.8 Å². The highest BCUT2D eigenvalue weighted by Crippen LogP contribution is 2.30. The van der Waals surface area contributed by atoms with Gasteiger partial charge >= 0.3 is 0 Å². The lowest BCUT2D eigenvalue weighted by Gasteiger charge is -2.36. The first-order chi connectivity index (χ1) is 13.8. The molecule has 0 bridgehead atoms. The molecule has 1 atom stereocenters. The number of anilines is 1. The van der Waals surface area contributed by atoms with Crippen LogP contribution in [0.4, 0.5) is 10.5 Å². The van der Waals surface area contributed by atoms with Gasteiger partial charge in [-0.25, -0.2) is 0 Å². The van der Waals surface area contributed by atoms with E-state index in [1.54, 1.807) is 9.80 Å². The SMILES string of the molecule is Cc1ccc(N2C[C@H](C(=O)N3CCC(N4C(=O)CSC4=O)CC3)CC2=O)cc1C. The molecule has 3 saturated heterocycles. The summed E-state index contributed by atoms with van der Waals surface area (Å²) in [5.41, 5.74) is 3.14. The second kappa shape index (κ2) is 7.82. The Balaban J connectivity index is 1.37. The molecular weight excluding hydrogens is 390 g/mol. The second-order valence-corrected chi connectivity index (χ2v) is 8.98. The van der Waals surface area contributed by atoms with E-state index in [2.05, 4.69) is 0 Å². The molecular formula is C21H25N3O4S. The van der Waals surface area contributed by atoms with Gasteiger partial charge in [0.05, 0.1) is 11.7 Å². The Kier molecular flexibility index (Phi) is 5.38. The van der Waals surface area contributed by atoms with Gasteiger partial charge in [-0.05, 0) is 49.9 Å². The number of hydrogen-bond donors (Lipinski definition) is 0. The summed E-state index contributed by atoms with van der Waals surface area (Å²) in [5.74, 6) is -0.277. The van der Waals surface area contributed by atoms with Crippen molar-refractivity contribution in [1.29, 1.82) is 0 Å². The third kappa shape index (κ3) is 3.77. The van der Waals surface area contributed by atoms with Crippen molar-refractivity contribution in [2.24, 2.45) is 5.92 Å². The average Bonchev–Trinajstić information content (AvgIpc) is 3.26. The predicted octanol–water partition coefficient (Wildman–Crippen LogP) is 2.34. The van der Waals surface area contributed by atoms with Gasteiger partial charge in [-0.3, -0.25) is 24.1 Å². The monoisotopic (exact) mass is 415 g/mol. The Morgan fingerprint density at radius 2 is 1.76 bits per heavy atom.